The zero-order chi connectivity index (χ0) is 20.5. The van der Waals surface area contributed by atoms with Gasteiger partial charge < -0.3 is 36.0 Å². The molecular formula is C19H27N3O6. The van der Waals surface area contributed by atoms with Gasteiger partial charge in [-0.3, -0.25) is 9.97 Å². The highest BCUT2D eigenvalue weighted by Crippen LogP contribution is 2.17. The second kappa shape index (κ2) is 11.1. The molecule has 1 aromatic carbocycles. The van der Waals surface area contributed by atoms with Crippen LogP contribution in [0.2, 0.25) is 0 Å². The predicted octanol–water partition coefficient (Wildman–Crippen LogP) is -1.72. The van der Waals surface area contributed by atoms with Crippen LogP contribution < -0.4 is 5.32 Å². The molecule has 0 amide bonds. The average Bonchev–Trinajstić information content (AvgIpc) is 2.75. The van der Waals surface area contributed by atoms with Crippen molar-refractivity contribution in [2.75, 3.05) is 13.2 Å². The zero-order valence-electron chi connectivity index (χ0n) is 15.3. The van der Waals surface area contributed by atoms with Crippen molar-refractivity contribution in [3.8, 4) is 0 Å². The summed E-state index contributed by atoms with van der Waals surface area (Å²) in [5.74, 6) is 0. The summed E-state index contributed by atoms with van der Waals surface area (Å²) in [5.41, 5.74) is 1.57. The molecule has 9 nitrogen and oxygen atoms in total. The molecule has 5 atom stereocenters. The Morgan fingerprint density at radius 1 is 0.857 bits per heavy atom. The van der Waals surface area contributed by atoms with Crippen LogP contribution in [0.3, 0.4) is 0 Å². The van der Waals surface area contributed by atoms with Crippen molar-refractivity contribution in [3.63, 3.8) is 0 Å². The maximum absolute atomic E-state index is 10.1. The van der Waals surface area contributed by atoms with Gasteiger partial charge in [0.1, 0.15) is 18.3 Å². The second-order valence-corrected chi connectivity index (χ2v) is 6.54. The standard InChI is InChI=1S/C19H27N3O6/c23-10-16(25)14(21-7-12-4-2-1-3-5-12)6-13-8-22-15(9-20-13)18(27)19(28)17(26)11-24/h1-5,8-9,14,16-19,21,23-28H,6-7,10-11H2/t14-,16+,17+,18+,19+/m0/s1. The van der Waals surface area contributed by atoms with E-state index in [-0.39, 0.29) is 12.1 Å². The van der Waals surface area contributed by atoms with E-state index in [1.165, 1.54) is 12.4 Å². The van der Waals surface area contributed by atoms with Crippen LogP contribution in [0.4, 0.5) is 0 Å². The summed E-state index contributed by atoms with van der Waals surface area (Å²) in [6.45, 7) is -0.614. The minimum absolute atomic E-state index is 0.0419. The Kier molecular flexibility index (Phi) is 8.87. The minimum Gasteiger partial charge on any atom is -0.394 e. The predicted molar refractivity (Wildman–Crippen MR) is 100.0 cm³/mol. The minimum atomic E-state index is -1.60. The van der Waals surface area contributed by atoms with E-state index in [1.54, 1.807) is 0 Å². The summed E-state index contributed by atoms with van der Waals surface area (Å²) < 4.78 is 0. The van der Waals surface area contributed by atoms with Gasteiger partial charge in [0.2, 0.25) is 0 Å². The molecule has 0 aliphatic carbocycles. The number of rotatable bonds is 11. The molecule has 0 fully saturated rings. The van der Waals surface area contributed by atoms with Crippen molar-refractivity contribution in [2.45, 2.75) is 43.4 Å². The van der Waals surface area contributed by atoms with E-state index in [0.29, 0.717) is 12.2 Å². The Morgan fingerprint density at radius 2 is 1.54 bits per heavy atom. The first-order valence-corrected chi connectivity index (χ1v) is 8.98. The molecule has 0 unspecified atom stereocenters. The van der Waals surface area contributed by atoms with Crippen LogP contribution in [0, 0.1) is 0 Å². The number of benzene rings is 1. The van der Waals surface area contributed by atoms with Gasteiger partial charge in [-0.05, 0) is 5.56 Å². The van der Waals surface area contributed by atoms with Gasteiger partial charge in [-0.25, -0.2) is 0 Å². The fourth-order valence-electron chi connectivity index (χ4n) is 2.66. The maximum Gasteiger partial charge on any atom is 0.126 e. The van der Waals surface area contributed by atoms with E-state index < -0.39 is 43.7 Å². The molecule has 0 saturated heterocycles. The highest BCUT2D eigenvalue weighted by Gasteiger charge is 2.27. The highest BCUT2D eigenvalue weighted by atomic mass is 16.4. The third-order valence-corrected chi connectivity index (χ3v) is 4.42. The van der Waals surface area contributed by atoms with E-state index in [0.717, 1.165) is 5.56 Å². The lowest BCUT2D eigenvalue weighted by Crippen LogP contribution is -2.43. The summed E-state index contributed by atoms with van der Waals surface area (Å²) >= 11 is 0. The van der Waals surface area contributed by atoms with Gasteiger partial charge in [0.15, 0.2) is 0 Å². The summed E-state index contributed by atoms with van der Waals surface area (Å²) in [6.07, 6.45) is -2.68. The van der Waals surface area contributed by atoms with E-state index in [9.17, 15) is 25.5 Å². The molecule has 0 spiro atoms. The molecule has 1 heterocycles. The SMILES string of the molecule is OC[C@@H](O)[C@@H](O)[C@H](O)c1cnc(C[C@H](NCc2ccccc2)[C@H](O)CO)cn1. The average molecular weight is 393 g/mol. The Morgan fingerprint density at radius 3 is 2.11 bits per heavy atom. The Labute approximate surface area is 163 Å². The number of hydrogen-bond donors (Lipinski definition) is 7. The molecule has 1 aromatic heterocycles. The van der Waals surface area contributed by atoms with Crippen molar-refractivity contribution in [3.05, 3.63) is 59.7 Å². The van der Waals surface area contributed by atoms with Gasteiger partial charge in [-0.2, -0.15) is 0 Å². The number of aliphatic hydroxyl groups is 6. The van der Waals surface area contributed by atoms with E-state index >= 15 is 0 Å². The fourth-order valence-corrected chi connectivity index (χ4v) is 2.66. The molecule has 0 saturated carbocycles. The number of aliphatic hydroxyl groups excluding tert-OH is 6. The van der Waals surface area contributed by atoms with Crippen LogP contribution in [0.25, 0.3) is 0 Å². The lowest BCUT2D eigenvalue weighted by molar-refractivity contribution is -0.0790. The van der Waals surface area contributed by atoms with E-state index in [1.807, 2.05) is 30.3 Å². The number of nitrogens with zero attached hydrogens (tertiary/aromatic N) is 2. The largest absolute Gasteiger partial charge is 0.394 e. The van der Waals surface area contributed by atoms with E-state index in [4.69, 9.17) is 5.11 Å². The molecule has 0 aliphatic heterocycles. The quantitative estimate of drug-likeness (QED) is 0.236. The first-order valence-electron chi connectivity index (χ1n) is 8.98. The highest BCUT2D eigenvalue weighted by molar-refractivity contribution is 5.15. The molecule has 9 heteroatoms. The van der Waals surface area contributed by atoms with Crippen LogP contribution in [0.5, 0.6) is 0 Å². The summed E-state index contributed by atoms with van der Waals surface area (Å²) in [5, 5.41) is 60.5. The lowest BCUT2D eigenvalue weighted by atomic mass is 10.0. The van der Waals surface area contributed by atoms with Crippen molar-refractivity contribution in [1.29, 1.82) is 0 Å². The lowest BCUT2D eigenvalue weighted by Gasteiger charge is -2.23. The molecular weight excluding hydrogens is 366 g/mol. The van der Waals surface area contributed by atoms with Crippen molar-refractivity contribution < 1.29 is 30.6 Å². The van der Waals surface area contributed by atoms with Crippen LogP contribution in [0.1, 0.15) is 23.1 Å². The third-order valence-electron chi connectivity index (χ3n) is 4.42. The fraction of sp³-hybridized carbons (Fsp3) is 0.474. The number of aromatic nitrogens is 2. The van der Waals surface area contributed by atoms with Gasteiger partial charge in [0.25, 0.3) is 0 Å². The van der Waals surface area contributed by atoms with Crippen molar-refractivity contribution >= 4 is 0 Å². The Hall–Kier alpha value is -1.98. The van der Waals surface area contributed by atoms with Gasteiger partial charge in [-0.1, -0.05) is 30.3 Å². The topological polar surface area (TPSA) is 159 Å². The van der Waals surface area contributed by atoms with E-state index in [2.05, 4.69) is 15.3 Å². The van der Waals surface area contributed by atoms with Gasteiger partial charge >= 0.3 is 0 Å². The first kappa shape index (κ1) is 22.3. The van der Waals surface area contributed by atoms with Crippen LogP contribution in [0.15, 0.2) is 42.7 Å². The van der Waals surface area contributed by atoms with Crippen molar-refractivity contribution in [2.24, 2.45) is 0 Å². The summed E-state index contributed by atoms with van der Waals surface area (Å²) in [7, 11) is 0. The van der Waals surface area contributed by atoms with Gasteiger partial charge in [0.05, 0.1) is 36.9 Å². The molecule has 2 aromatic rings. The van der Waals surface area contributed by atoms with Crippen LogP contribution >= 0.6 is 0 Å². The number of hydrogen-bond acceptors (Lipinski definition) is 9. The zero-order valence-corrected chi connectivity index (χ0v) is 15.3. The van der Waals surface area contributed by atoms with Crippen LogP contribution in [-0.2, 0) is 13.0 Å². The second-order valence-electron chi connectivity index (χ2n) is 6.54. The smallest absolute Gasteiger partial charge is 0.126 e. The molecule has 0 bridgehead atoms. The van der Waals surface area contributed by atoms with Gasteiger partial charge in [-0.15, -0.1) is 0 Å². The first-order chi connectivity index (χ1) is 13.5. The molecule has 2 rings (SSSR count). The molecule has 0 radical (unpaired) electrons. The summed E-state index contributed by atoms with van der Waals surface area (Å²) in [6, 6.07) is 9.14. The molecule has 154 valence electrons. The maximum atomic E-state index is 10.1. The summed E-state index contributed by atoms with van der Waals surface area (Å²) in [4.78, 5) is 8.20. The van der Waals surface area contributed by atoms with Gasteiger partial charge in [0, 0.05) is 25.2 Å². The molecule has 7 N–H and O–H groups in total. The Bertz CT molecular complexity index is 688. The van der Waals surface area contributed by atoms with Crippen molar-refractivity contribution in [1.82, 2.24) is 15.3 Å². The molecule has 28 heavy (non-hydrogen) atoms. The normalized spacial score (nSPS) is 16.9. The third kappa shape index (κ3) is 6.28. The molecule has 0 aliphatic rings. The Balaban J connectivity index is 2.01. The monoisotopic (exact) mass is 393 g/mol. The number of nitrogens with one attached hydrogen (secondary N) is 1. The van der Waals surface area contributed by atoms with Crippen LogP contribution in [-0.4, -0.2) is 78.2 Å².